The van der Waals surface area contributed by atoms with E-state index < -0.39 is 24.2 Å². The minimum atomic E-state index is -0.996. The first-order valence-corrected chi connectivity index (χ1v) is 2.97. The highest BCUT2D eigenvalue weighted by molar-refractivity contribution is 6.48. The number of hydrogen-bond donors (Lipinski definition) is 2. The molecule has 0 bridgehead atoms. The monoisotopic (exact) mass is 154 g/mol. The molecule has 0 aromatic heterocycles. The van der Waals surface area contributed by atoms with Crippen LogP contribution in [0.15, 0.2) is 16.8 Å². The van der Waals surface area contributed by atoms with Gasteiger partial charge in [-0.3, -0.25) is 9.59 Å². The summed E-state index contributed by atoms with van der Waals surface area (Å²) in [5.74, 6) is -1.46. The summed E-state index contributed by atoms with van der Waals surface area (Å²) in [6.45, 7) is -0.462. The van der Waals surface area contributed by atoms with Crippen LogP contribution in [-0.4, -0.2) is 29.3 Å². The van der Waals surface area contributed by atoms with E-state index in [1.807, 2.05) is 0 Å². The first-order valence-electron chi connectivity index (χ1n) is 2.97. The van der Waals surface area contributed by atoms with Crippen molar-refractivity contribution in [2.24, 2.45) is 5.11 Å². The maximum atomic E-state index is 10.8. The lowest BCUT2D eigenvalue weighted by molar-refractivity contribution is -0.133. The second kappa shape index (κ2) is 2.71. The average Bonchev–Trinajstić information content (AvgIpc) is 2.30. The Balaban J connectivity index is 2.93. The number of carbonyl (C=O) groups excluding carboxylic acids is 2. The predicted molar refractivity (Wildman–Crippen MR) is 34.1 cm³/mol. The van der Waals surface area contributed by atoms with Crippen molar-refractivity contribution in [1.82, 2.24) is 0 Å². The first kappa shape index (κ1) is 7.74. The minimum Gasteiger partial charge on any atom is -0.392 e. The lowest BCUT2D eigenvalue weighted by Crippen LogP contribution is -2.18. The molecule has 0 fully saturated rings. The fourth-order valence-corrected chi connectivity index (χ4v) is 0.855. The zero-order chi connectivity index (χ0) is 8.43. The molecule has 0 amide bonds. The van der Waals surface area contributed by atoms with Gasteiger partial charge in [-0.05, 0) is 6.08 Å². The summed E-state index contributed by atoms with van der Waals surface area (Å²) in [6.07, 6.45) is 1.21. The van der Waals surface area contributed by atoms with Crippen molar-refractivity contribution in [1.29, 1.82) is 5.53 Å². The molecular weight excluding hydrogens is 148 g/mol. The molecular formula is C6H6N2O3. The van der Waals surface area contributed by atoms with Gasteiger partial charge in [0.15, 0.2) is 6.04 Å². The van der Waals surface area contributed by atoms with E-state index in [9.17, 15) is 9.59 Å². The van der Waals surface area contributed by atoms with Gasteiger partial charge in [-0.25, -0.2) is 5.53 Å². The van der Waals surface area contributed by atoms with Gasteiger partial charge in [-0.1, -0.05) is 0 Å². The van der Waals surface area contributed by atoms with Crippen molar-refractivity contribution in [3.05, 3.63) is 11.6 Å². The highest BCUT2D eigenvalue weighted by Gasteiger charge is 2.32. The lowest BCUT2D eigenvalue weighted by atomic mass is 10.2. The van der Waals surface area contributed by atoms with E-state index in [-0.39, 0.29) is 5.57 Å². The third kappa shape index (κ3) is 1.10. The smallest absolute Gasteiger partial charge is 0.233 e. The fourth-order valence-electron chi connectivity index (χ4n) is 0.855. The van der Waals surface area contributed by atoms with Crippen molar-refractivity contribution in [3.8, 4) is 0 Å². The molecule has 0 radical (unpaired) electrons. The quantitative estimate of drug-likeness (QED) is 0.413. The van der Waals surface area contributed by atoms with Crippen molar-refractivity contribution in [2.45, 2.75) is 6.04 Å². The van der Waals surface area contributed by atoms with Crippen molar-refractivity contribution >= 4 is 11.6 Å². The molecule has 0 heterocycles. The second-order valence-corrected chi connectivity index (χ2v) is 2.12. The number of hydrogen-bond acceptors (Lipinski definition) is 5. The number of nitrogens with one attached hydrogen (secondary N) is 1. The van der Waals surface area contributed by atoms with Gasteiger partial charge < -0.3 is 5.11 Å². The summed E-state index contributed by atoms with van der Waals surface area (Å²) in [5, 5.41) is 11.4. The Labute approximate surface area is 62.2 Å². The number of ketones is 2. The van der Waals surface area contributed by atoms with Crippen molar-refractivity contribution in [3.63, 3.8) is 0 Å². The zero-order valence-corrected chi connectivity index (χ0v) is 5.57. The second-order valence-electron chi connectivity index (χ2n) is 2.12. The Hall–Kier alpha value is -1.36. The van der Waals surface area contributed by atoms with Crippen LogP contribution in [0, 0.1) is 5.53 Å². The topological polar surface area (TPSA) is 90.6 Å². The maximum absolute atomic E-state index is 10.8. The largest absolute Gasteiger partial charge is 0.392 e. The predicted octanol–water partition coefficient (Wildman–Crippen LogP) is -0.544. The van der Waals surface area contributed by atoms with Gasteiger partial charge >= 0.3 is 0 Å². The van der Waals surface area contributed by atoms with Crippen LogP contribution in [0.5, 0.6) is 0 Å². The van der Waals surface area contributed by atoms with Crippen molar-refractivity contribution in [2.75, 3.05) is 6.61 Å². The molecule has 58 valence electrons. The molecule has 1 aliphatic carbocycles. The van der Waals surface area contributed by atoms with Gasteiger partial charge in [0, 0.05) is 5.57 Å². The molecule has 1 atom stereocenters. The van der Waals surface area contributed by atoms with E-state index >= 15 is 0 Å². The van der Waals surface area contributed by atoms with Crippen LogP contribution in [0.2, 0.25) is 0 Å². The molecule has 0 saturated heterocycles. The van der Waals surface area contributed by atoms with Gasteiger partial charge in [0.25, 0.3) is 0 Å². The van der Waals surface area contributed by atoms with E-state index in [0.717, 1.165) is 0 Å². The molecule has 1 aliphatic rings. The van der Waals surface area contributed by atoms with Crippen LogP contribution >= 0.6 is 0 Å². The van der Waals surface area contributed by atoms with Gasteiger partial charge in [0.1, 0.15) is 0 Å². The Bertz CT molecular complexity index is 257. The summed E-state index contributed by atoms with van der Waals surface area (Å²) < 4.78 is 0. The Morgan fingerprint density at radius 3 is 2.55 bits per heavy atom. The third-order valence-corrected chi connectivity index (χ3v) is 1.45. The summed E-state index contributed by atoms with van der Waals surface area (Å²) in [6, 6.07) is -0.996. The first-order chi connectivity index (χ1) is 5.20. The Morgan fingerprint density at radius 1 is 1.64 bits per heavy atom. The number of carbonyl (C=O) groups is 2. The van der Waals surface area contributed by atoms with E-state index in [4.69, 9.17) is 10.6 Å². The fraction of sp³-hybridized carbons (Fsp3) is 0.333. The molecule has 1 rings (SSSR count). The molecule has 0 unspecified atom stereocenters. The molecule has 0 aromatic carbocycles. The molecule has 5 heteroatoms. The molecule has 11 heavy (non-hydrogen) atoms. The van der Waals surface area contributed by atoms with Gasteiger partial charge in [0.2, 0.25) is 11.6 Å². The number of nitrogens with zero attached hydrogens (tertiary/aromatic N) is 1. The SMILES string of the molecule is N=N[C@@H]1C=C(CO)C(=O)C1=O. The summed E-state index contributed by atoms with van der Waals surface area (Å²) in [7, 11) is 0. The summed E-state index contributed by atoms with van der Waals surface area (Å²) >= 11 is 0. The van der Waals surface area contributed by atoms with Gasteiger partial charge in [0.05, 0.1) is 6.61 Å². The highest BCUT2D eigenvalue weighted by Crippen LogP contribution is 2.13. The van der Waals surface area contributed by atoms with Crippen LogP contribution in [0.4, 0.5) is 0 Å². The highest BCUT2D eigenvalue weighted by atomic mass is 16.3. The number of aliphatic hydroxyl groups is 1. The van der Waals surface area contributed by atoms with Crippen LogP contribution in [0.1, 0.15) is 0 Å². The van der Waals surface area contributed by atoms with E-state index in [2.05, 4.69) is 5.11 Å². The van der Waals surface area contributed by atoms with Gasteiger partial charge in [-0.15, -0.1) is 0 Å². The standard InChI is InChI=1S/C6H6N2O3/c7-8-4-1-3(2-9)5(10)6(4)11/h1,4,7,9H,2H2/t4-/m1/s1. The van der Waals surface area contributed by atoms with Gasteiger partial charge in [-0.2, -0.15) is 5.11 Å². The number of Topliss-reactive ketones (excluding diaryl/α,β-unsaturated/α-hetero) is 2. The van der Waals surface area contributed by atoms with Crippen LogP contribution in [-0.2, 0) is 9.59 Å². The average molecular weight is 154 g/mol. The normalized spacial score (nSPS) is 23.7. The van der Waals surface area contributed by atoms with E-state index in [1.165, 1.54) is 6.08 Å². The maximum Gasteiger partial charge on any atom is 0.233 e. The molecule has 5 nitrogen and oxygen atoms in total. The number of aliphatic hydroxyl groups excluding tert-OH is 1. The molecule has 0 saturated carbocycles. The molecule has 0 aliphatic heterocycles. The Kier molecular flexibility index (Phi) is 1.91. The molecule has 0 aromatic rings. The lowest BCUT2D eigenvalue weighted by Gasteiger charge is -1.90. The zero-order valence-electron chi connectivity index (χ0n) is 5.57. The Morgan fingerprint density at radius 2 is 2.27 bits per heavy atom. The molecule has 2 N–H and O–H groups in total. The van der Waals surface area contributed by atoms with Crippen LogP contribution < -0.4 is 0 Å². The third-order valence-electron chi connectivity index (χ3n) is 1.45. The van der Waals surface area contributed by atoms with E-state index in [1.54, 1.807) is 0 Å². The minimum absolute atomic E-state index is 0.0380. The van der Waals surface area contributed by atoms with Crippen LogP contribution in [0.3, 0.4) is 0 Å². The molecule has 0 spiro atoms. The number of rotatable bonds is 2. The van der Waals surface area contributed by atoms with Crippen LogP contribution in [0.25, 0.3) is 0 Å². The van der Waals surface area contributed by atoms with Crippen molar-refractivity contribution < 1.29 is 14.7 Å². The summed E-state index contributed by atoms with van der Waals surface area (Å²) in [4.78, 5) is 21.6. The summed E-state index contributed by atoms with van der Waals surface area (Å²) in [5.41, 5.74) is 6.55. The van der Waals surface area contributed by atoms with E-state index in [0.29, 0.717) is 0 Å².